The van der Waals surface area contributed by atoms with E-state index in [4.69, 9.17) is 4.74 Å². The number of hydrogen-bond donors (Lipinski definition) is 2. The average molecular weight is 260 g/mol. The Hall–Kier alpha value is -1.78. The molecule has 0 radical (unpaired) electrons. The van der Waals surface area contributed by atoms with Crippen LogP contribution in [-0.4, -0.2) is 23.4 Å². The third-order valence-corrected chi connectivity index (χ3v) is 3.26. The summed E-state index contributed by atoms with van der Waals surface area (Å²) in [6, 6.07) is 11.7. The van der Waals surface area contributed by atoms with Gasteiger partial charge in [0.1, 0.15) is 5.75 Å². The number of aryl methyl sites for hydroxylation is 1. The van der Waals surface area contributed by atoms with Crippen LogP contribution in [0.2, 0.25) is 0 Å². The largest absolute Gasteiger partial charge is 0.497 e. The van der Waals surface area contributed by atoms with Gasteiger partial charge in [-0.25, -0.2) is 0 Å². The van der Waals surface area contributed by atoms with Crippen LogP contribution in [-0.2, 0) is 13.6 Å². The molecule has 0 saturated heterocycles. The zero-order valence-corrected chi connectivity index (χ0v) is 11.3. The SMILES string of the molecule is COc1cccc(C(CO)NCc2cccn2C)c1. The number of nitrogens with one attached hydrogen (secondary N) is 1. The van der Waals surface area contributed by atoms with E-state index in [9.17, 15) is 5.11 Å². The van der Waals surface area contributed by atoms with Crippen molar-refractivity contribution in [3.05, 3.63) is 53.9 Å². The van der Waals surface area contributed by atoms with E-state index < -0.39 is 0 Å². The monoisotopic (exact) mass is 260 g/mol. The minimum absolute atomic E-state index is 0.0532. The molecule has 0 aliphatic carbocycles. The maximum absolute atomic E-state index is 9.53. The summed E-state index contributed by atoms with van der Waals surface area (Å²) in [5.74, 6) is 0.802. The predicted octanol–water partition coefficient (Wildman–Crippen LogP) is 1.86. The maximum atomic E-state index is 9.53. The van der Waals surface area contributed by atoms with Gasteiger partial charge in [-0.1, -0.05) is 12.1 Å². The number of aliphatic hydroxyl groups excluding tert-OH is 1. The number of aliphatic hydroxyl groups is 1. The van der Waals surface area contributed by atoms with Crippen LogP contribution in [0.25, 0.3) is 0 Å². The molecule has 4 heteroatoms. The van der Waals surface area contributed by atoms with Gasteiger partial charge < -0.3 is 19.7 Å². The van der Waals surface area contributed by atoms with Crippen LogP contribution in [0.3, 0.4) is 0 Å². The third kappa shape index (κ3) is 3.36. The number of methoxy groups -OCH3 is 1. The minimum atomic E-state index is -0.0926. The Bertz CT molecular complexity index is 522. The zero-order valence-electron chi connectivity index (χ0n) is 11.3. The molecule has 1 unspecified atom stereocenters. The summed E-state index contributed by atoms with van der Waals surface area (Å²) in [6.45, 7) is 0.767. The van der Waals surface area contributed by atoms with E-state index in [1.54, 1.807) is 7.11 Å². The molecule has 1 heterocycles. The van der Waals surface area contributed by atoms with Crippen molar-refractivity contribution < 1.29 is 9.84 Å². The van der Waals surface area contributed by atoms with Crippen molar-refractivity contribution in [2.45, 2.75) is 12.6 Å². The van der Waals surface area contributed by atoms with Gasteiger partial charge in [0, 0.05) is 25.5 Å². The molecule has 4 nitrogen and oxygen atoms in total. The lowest BCUT2D eigenvalue weighted by molar-refractivity contribution is 0.242. The number of benzene rings is 1. The first kappa shape index (κ1) is 13.6. The first-order chi connectivity index (χ1) is 9.24. The first-order valence-corrected chi connectivity index (χ1v) is 6.33. The highest BCUT2D eigenvalue weighted by Gasteiger charge is 2.11. The molecular formula is C15H20N2O2. The van der Waals surface area contributed by atoms with Crippen molar-refractivity contribution in [2.24, 2.45) is 7.05 Å². The molecule has 0 fully saturated rings. The van der Waals surface area contributed by atoms with E-state index >= 15 is 0 Å². The van der Waals surface area contributed by atoms with Crippen molar-refractivity contribution >= 4 is 0 Å². The highest BCUT2D eigenvalue weighted by molar-refractivity contribution is 5.30. The molecule has 0 saturated carbocycles. The third-order valence-electron chi connectivity index (χ3n) is 3.26. The summed E-state index contributed by atoms with van der Waals surface area (Å²) in [4.78, 5) is 0. The normalized spacial score (nSPS) is 12.4. The topological polar surface area (TPSA) is 46.4 Å². The molecule has 19 heavy (non-hydrogen) atoms. The van der Waals surface area contributed by atoms with Gasteiger partial charge in [0.05, 0.1) is 19.8 Å². The molecule has 2 rings (SSSR count). The highest BCUT2D eigenvalue weighted by atomic mass is 16.5. The molecule has 0 spiro atoms. The zero-order chi connectivity index (χ0) is 13.7. The summed E-state index contributed by atoms with van der Waals surface area (Å²) in [5, 5.41) is 12.9. The molecular weight excluding hydrogens is 240 g/mol. The summed E-state index contributed by atoms with van der Waals surface area (Å²) >= 11 is 0. The van der Waals surface area contributed by atoms with E-state index in [1.165, 1.54) is 5.69 Å². The summed E-state index contributed by atoms with van der Waals surface area (Å²) < 4.78 is 7.27. The van der Waals surface area contributed by atoms with Crippen LogP contribution in [0.1, 0.15) is 17.3 Å². The predicted molar refractivity (Wildman–Crippen MR) is 75.1 cm³/mol. The minimum Gasteiger partial charge on any atom is -0.497 e. The number of rotatable bonds is 6. The second-order valence-corrected chi connectivity index (χ2v) is 4.50. The van der Waals surface area contributed by atoms with Gasteiger partial charge >= 0.3 is 0 Å². The molecule has 102 valence electrons. The Balaban J connectivity index is 2.05. The van der Waals surface area contributed by atoms with Crippen LogP contribution in [0.5, 0.6) is 5.75 Å². The van der Waals surface area contributed by atoms with Crippen LogP contribution in [0.15, 0.2) is 42.6 Å². The number of nitrogens with zero attached hydrogens (tertiary/aromatic N) is 1. The lowest BCUT2D eigenvalue weighted by Crippen LogP contribution is -2.24. The summed E-state index contributed by atoms with van der Waals surface area (Å²) in [5.41, 5.74) is 2.21. The van der Waals surface area contributed by atoms with Gasteiger partial charge in [0.15, 0.2) is 0 Å². The van der Waals surface area contributed by atoms with E-state index in [2.05, 4.69) is 16.0 Å². The Morgan fingerprint density at radius 2 is 2.16 bits per heavy atom. The van der Waals surface area contributed by atoms with Gasteiger partial charge in [0.2, 0.25) is 0 Å². The van der Waals surface area contributed by atoms with Crippen LogP contribution >= 0.6 is 0 Å². The Labute approximate surface area is 113 Å². The molecule has 0 amide bonds. The van der Waals surface area contributed by atoms with Crippen LogP contribution in [0.4, 0.5) is 0 Å². The van der Waals surface area contributed by atoms with Gasteiger partial charge in [-0.15, -0.1) is 0 Å². The van der Waals surface area contributed by atoms with Gasteiger partial charge in [0.25, 0.3) is 0 Å². The summed E-state index contributed by atoms with van der Waals surface area (Å²) in [6.07, 6.45) is 2.01. The number of aromatic nitrogens is 1. The van der Waals surface area contributed by atoms with Crippen LogP contribution in [0, 0.1) is 0 Å². The fourth-order valence-electron chi connectivity index (χ4n) is 2.05. The fraction of sp³-hybridized carbons (Fsp3) is 0.333. The second kappa shape index (κ2) is 6.41. The second-order valence-electron chi connectivity index (χ2n) is 4.50. The molecule has 0 aliphatic heterocycles. The smallest absolute Gasteiger partial charge is 0.119 e. The molecule has 2 N–H and O–H groups in total. The number of ether oxygens (including phenoxy) is 1. The van der Waals surface area contributed by atoms with E-state index in [1.807, 2.05) is 43.6 Å². The molecule has 1 aromatic heterocycles. The Morgan fingerprint density at radius 1 is 1.32 bits per heavy atom. The highest BCUT2D eigenvalue weighted by Crippen LogP contribution is 2.19. The first-order valence-electron chi connectivity index (χ1n) is 6.33. The quantitative estimate of drug-likeness (QED) is 0.833. The lowest BCUT2D eigenvalue weighted by Gasteiger charge is -2.17. The Morgan fingerprint density at radius 3 is 2.79 bits per heavy atom. The maximum Gasteiger partial charge on any atom is 0.119 e. The van der Waals surface area contributed by atoms with Crippen molar-refractivity contribution in [1.82, 2.24) is 9.88 Å². The molecule has 0 bridgehead atoms. The van der Waals surface area contributed by atoms with E-state index in [-0.39, 0.29) is 12.6 Å². The lowest BCUT2D eigenvalue weighted by atomic mass is 10.1. The van der Waals surface area contributed by atoms with E-state index in [0.29, 0.717) is 6.54 Å². The molecule has 1 aromatic carbocycles. The van der Waals surface area contributed by atoms with Gasteiger partial charge in [-0.2, -0.15) is 0 Å². The van der Waals surface area contributed by atoms with E-state index in [0.717, 1.165) is 11.3 Å². The fourth-order valence-corrected chi connectivity index (χ4v) is 2.05. The van der Waals surface area contributed by atoms with Crippen molar-refractivity contribution in [2.75, 3.05) is 13.7 Å². The van der Waals surface area contributed by atoms with Gasteiger partial charge in [-0.3, -0.25) is 0 Å². The van der Waals surface area contributed by atoms with Gasteiger partial charge in [-0.05, 0) is 29.8 Å². The van der Waals surface area contributed by atoms with Crippen molar-refractivity contribution in [3.8, 4) is 5.75 Å². The van der Waals surface area contributed by atoms with Crippen molar-refractivity contribution in [3.63, 3.8) is 0 Å². The molecule has 1 atom stereocenters. The Kier molecular flexibility index (Phi) is 4.60. The standard InChI is InChI=1S/C15H20N2O2/c1-17-8-4-6-13(17)10-16-15(11-18)12-5-3-7-14(9-12)19-2/h3-9,15-16,18H,10-11H2,1-2H3. The molecule has 2 aromatic rings. The average Bonchev–Trinajstić information content (AvgIpc) is 2.85. The molecule has 0 aliphatic rings. The van der Waals surface area contributed by atoms with Crippen LogP contribution < -0.4 is 10.1 Å². The summed E-state index contributed by atoms with van der Waals surface area (Å²) in [7, 11) is 3.65. The number of hydrogen-bond acceptors (Lipinski definition) is 3. The van der Waals surface area contributed by atoms with Crippen molar-refractivity contribution in [1.29, 1.82) is 0 Å².